The number of hydrogen-bond acceptors (Lipinski definition) is 7. The number of hydrogen-bond donors (Lipinski definition) is 8. The molecule has 0 radical (unpaired) electrons. The highest BCUT2D eigenvalue weighted by atomic mass is 16.4. The van der Waals surface area contributed by atoms with Gasteiger partial charge in [0.1, 0.15) is 18.1 Å². The van der Waals surface area contributed by atoms with Crippen molar-refractivity contribution in [3.8, 4) is 0 Å². The van der Waals surface area contributed by atoms with Gasteiger partial charge in [-0.15, -0.1) is 0 Å². The van der Waals surface area contributed by atoms with Crippen molar-refractivity contribution in [2.75, 3.05) is 6.54 Å². The van der Waals surface area contributed by atoms with E-state index in [0.29, 0.717) is 12.0 Å². The number of amides is 3. The van der Waals surface area contributed by atoms with Crippen molar-refractivity contribution in [1.82, 2.24) is 16.0 Å². The van der Waals surface area contributed by atoms with Crippen molar-refractivity contribution < 1.29 is 34.2 Å². The van der Waals surface area contributed by atoms with Crippen LogP contribution in [0.5, 0.6) is 0 Å². The van der Waals surface area contributed by atoms with Crippen molar-refractivity contribution in [2.24, 2.45) is 28.1 Å². The highest BCUT2D eigenvalue weighted by molar-refractivity contribution is 5.94. The third-order valence-electron chi connectivity index (χ3n) is 5.51. The van der Waals surface area contributed by atoms with Crippen LogP contribution in [-0.2, 0) is 30.4 Å². The van der Waals surface area contributed by atoms with Gasteiger partial charge in [0, 0.05) is 13.0 Å². The highest BCUT2D eigenvalue weighted by Crippen LogP contribution is 2.08. The molecule has 3 amide bonds. The number of nitrogens with two attached hydrogens (primary N) is 3. The molecule has 1 aromatic carbocycles. The van der Waals surface area contributed by atoms with E-state index >= 15 is 0 Å². The standard InChI is InChI=1S/C24H37N7O7/c1-13(2)19(25)22(36)29-15(9-6-10-28-24(26)27)20(34)30-16(11-14-7-4-3-5-8-14)21(35)31-17(23(37)38)12-18(32)33/h3-5,7-8,13,15-17,19H,6,9-12,25H2,1-2H3,(H,29,36)(H,30,34)(H,31,35)(H,32,33)(H,37,38)(H4,26,27,28). The van der Waals surface area contributed by atoms with Crippen LogP contribution in [0.4, 0.5) is 0 Å². The maximum atomic E-state index is 13.3. The number of carbonyl (C=O) groups is 5. The molecule has 0 bridgehead atoms. The maximum absolute atomic E-state index is 13.3. The number of nitrogens with one attached hydrogen (secondary N) is 3. The van der Waals surface area contributed by atoms with Gasteiger partial charge in [0.05, 0.1) is 12.5 Å². The van der Waals surface area contributed by atoms with Gasteiger partial charge in [-0.05, 0) is 24.3 Å². The molecule has 11 N–H and O–H groups in total. The smallest absolute Gasteiger partial charge is 0.326 e. The van der Waals surface area contributed by atoms with Gasteiger partial charge in [-0.2, -0.15) is 0 Å². The molecular formula is C24H37N7O7. The minimum Gasteiger partial charge on any atom is -0.481 e. The number of aliphatic imine (C=N–C) groups is 1. The number of nitrogens with zero attached hydrogens (tertiary/aromatic N) is 1. The molecule has 0 heterocycles. The quantitative estimate of drug-likeness (QED) is 0.0675. The number of carboxylic acid groups (broad SMARTS) is 2. The molecule has 0 aromatic heterocycles. The fraction of sp³-hybridized carbons (Fsp3) is 0.500. The molecular weight excluding hydrogens is 498 g/mol. The van der Waals surface area contributed by atoms with Crippen molar-refractivity contribution in [2.45, 2.75) is 63.7 Å². The molecule has 4 atom stereocenters. The van der Waals surface area contributed by atoms with E-state index < -0.39 is 60.2 Å². The summed E-state index contributed by atoms with van der Waals surface area (Å²) in [4.78, 5) is 65.2. The number of benzene rings is 1. The molecule has 1 rings (SSSR count). The van der Waals surface area contributed by atoms with Crippen LogP contribution >= 0.6 is 0 Å². The Hall–Kier alpha value is -4.20. The largest absolute Gasteiger partial charge is 0.481 e. The van der Waals surface area contributed by atoms with Gasteiger partial charge in [-0.1, -0.05) is 44.2 Å². The van der Waals surface area contributed by atoms with Gasteiger partial charge in [0.15, 0.2) is 5.96 Å². The minimum absolute atomic E-state index is 0.0298. The van der Waals surface area contributed by atoms with Gasteiger partial charge in [0.2, 0.25) is 17.7 Å². The van der Waals surface area contributed by atoms with Crippen LogP contribution in [0.2, 0.25) is 0 Å². The molecule has 0 aliphatic rings. The fourth-order valence-electron chi connectivity index (χ4n) is 3.32. The van der Waals surface area contributed by atoms with Gasteiger partial charge >= 0.3 is 11.9 Å². The summed E-state index contributed by atoms with van der Waals surface area (Å²) in [5, 5.41) is 25.6. The second-order valence-electron chi connectivity index (χ2n) is 9.03. The van der Waals surface area contributed by atoms with E-state index in [4.69, 9.17) is 22.3 Å². The first kappa shape index (κ1) is 31.8. The number of guanidine groups is 1. The summed E-state index contributed by atoms with van der Waals surface area (Å²) < 4.78 is 0. The van der Waals surface area contributed by atoms with Crippen LogP contribution in [0, 0.1) is 5.92 Å². The monoisotopic (exact) mass is 535 g/mol. The normalized spacial score (nSPS) is 13.9. The van der Waals surface area contributed by atoms with E-state index in [-0.39, 0.29) is 31.3 Å². The molecule has 1 aromatic rings. The van der Waals surface area contributed by atoms with E-state index in [2.05, 4.69) is 20.9 Å². The van der Waals surface area contributed by atoms with Crippen LogP contribution < -0.4 is 33.2 Å². The SMILES string of the molecule is CC(C)C(N)C(=O)NC(CCCN=C(N)N)C(=O)NC(Cc1ccccc1)C(=O)NC(CC(=O)O)C(=O)O. The zero-order chi connectivity index (χ0) is 28.8. The molecule has 38 heavy (non-hydrogen) atoms. The number of carboxylic acids is 2. The summed E-state index contributed by atoms with van der Waals surface area (Å²) in [5.41, 5.74) is 17.2. The summed E-state index contributed by atoms with van der Waals surface area (Å²) in [6.07, 6.45) is -0.473. The Morgan fingerprint density at radius 2 is 1.42 bits per heavy atom. The summed E-state index contributed by atoms with van der Waals surface area (Å²) in [5.74, 6) is -5.51. The Morgan fingerprint density at radius 1 is 0.868 bits per heavy atom. The van der Waals surface area contributed by atoms with Gasteiger partial charge in [0.25, 0.3) is 0 Å². The molecule has 14 heteroatoms. The fourth-order valence-corrected chi connectivity index (χ4v) is 3.32. The molecule has 0 aliphatic carbocycles. The van der Waals surface area contributed by atoms with E-state index in [1.54, 1.807) is 44.2 Å². The molecule has 210 valence electrons. The molecule has 0 fully saturated rings. The van der Waals surface area contributed by atoms with E-state index in [0.717, 1.165) is 0 Å². The predicted octanol–water partition coefficient (Wildman–Crippen LogP) is -1.72. The van der Waals surface area contributed by atoms with Gasteiger partial charge < -0.3 is 43.4 Å². The van der Waals surface area contributed by atoms with Crippen LogP contribution in [0.3, 0.4) is 0 Å². The van der Waals surface area contributed by atoms with Gasteiger partial charge in [-0.3, -0.25) is 24.2 Å². The second-order valence-corrected chi connectivity index (χ2v) is 9.03. The lowest BCUT2D eigenvalue weighted by molar-refractivity contribution is -0.147. The second kappa shape index (κ2) is 15.8. The third-order valence-corrected chi connectivity index (χ3v) is 5.51. The average Bonchev–Trinajstić information content (AvgIpc) is 2.84. The van der Waals surface area contributed by atoms with Crippen molar-refractivity contribution in [3.05, 3.63) is 35.9 Å². The predicted molar refractivity (Wildman–Crippen MR) is 139 cm³/mol. The first-order valence-electron chi connectivity index (χ1n) is 12.0. The molecule has 0 aliphatic heterocycles. The Morgan fingerprint density at radius 3 is 1.95 bits per heavy atom. The Bertz CT molecular complexity index is 997. The molecule has 0 spiro atoms. The van der Waals surface area contributed by atoms with Crippen molar-refractivity contribution in [1.29, 1.82) is 0 Å². The topological polar surface area (TPSA) is 252 Å². The van der Waals surface area contributed by atoms with E-state index in [9.17, 15) is 29.1 Å². The molecule has 0 saturated heterocycles. The lowest BCUT2D eigenvalue weighted by atomic mass is 10.0. The van der Waals surface area contributed by atoms with E-state index in [1.807, 2.05) is 0 Å². The summed E-state index contributed by atoms with van der Waals surface area (Å²) in [7, 11) is 0. The lowest BCUT2D eigenvalue weighted by Gasteiger charge is -2.25. The zero-order valence-corrected chi connectivity index (χ0v) is 21.4. The van der Waals surface area contributed by atoms with Crippen LogP contribution in [0.1, 0.15) is 38.7 Å². The zero-order valence-electron chi connectivity index (χ0n) is 21.4. The Kier molecular flexibility index (Phi) is 13.2. The first-order valence-corrected chi connectivity index (χ1v) is 12.0. The number of rotatable bonds is 16. The highest BCUT2D eigenvalue weighted by Gasteiger charge is 2.31. The number of carbonyl (C=O) groups excluding carboxylic acids is 3. The van der Waals surface area contributed by atoms with E-state index in [1.165, 1.54) is 0 Å². The first-order chi connectivity index (χ1) is 17.8. The minimum atomic E-state index is -1.71. The van der Waals surface area contributed by atoms with Crippen LogP contribution in [0.25, 0.3) is 0 Å². The summed E-state index contributed by atoms with van der Waals surface area (Å²) in [6.45, 7) is 3.67. The molecule has 14 nitrogen and oxygen atoms in total. The van der Waals surface area contributed by atoms with Crippen LogP contribution in [0.15, 0.2) is 35.3 Å². The Labute approximate surface area is 220 Å². The van der Waals surface area contributed by atoms with Gasteiger partial charge in [-0.25, -0.2) is 4.79 Å². The number of aliphatic carboxylic acids is 2. The maximum Gasteiger partial charge on any atom is 0.326 e. The third kappa shape index (κ3) is 11.7. The van der Waals surface area contributed by atoms with Crippen molar-refractivity contribution in [3.63, 3.8) is 0 Å². The van der Waals surface area contributed by atoms with Crippen LogP contribution in [-0.4, -0.2) is 76.5 Å². The van der Waals surface area contributed by atoms with Crippen molar-refractivity contribution >= 4 is 35.6 Å². The lowest BCUT2D eigenvalue weighted by Crippen LogP contribution is -2.58. The molecule has 0 saturated carbocycles. The Balaban J connectivity index is 3.17. The summed E-state index contributed by atoms with van der Waals surface area (Å²) >= 11 is 0. The molecule has 4 unspecified atom stereocenters. The summed E-state index contributed by atoms with van der Waals surface area (Å²) in [6, 6.07) is 3.60. The average molecular weight is 536 g/mol.